The van der Waals surface area contributed by atoms with Crippen LogP contribution in [0.3, 0.4) is 0 Å². The number of hydrogen-bond donors (Lipinski definition) is 1. The number of aromatic nitrogens is 2. The number of carbonyl (C=O) groups is 1. The van der Waals surface area contributed by atoms with Gasteiger partial charge >= 0.3 is 0 Å². The largest absolute Gasteiger partial charge is 0.414 e. The molecule has 1 amide bonds. The second-order valence-electron chi connectivity index (χ2n) is 5.18. The topological polar surface area (TPSA) is 68.0 Å². The Kier molecular flexibility index (Phi) is 5.28. The minimum atomic E-state index is -0.166. The van der Waals surface area contributed by atoms with E-state index in [1.54, 1.807) is 12.1 Å². The Balaban J connectivity index is 1.55. The van der Waals surface area contributed by atoms with E-state index in [1.807, 2.05) is 36.4 Å². The standard InChI is InChI=1S/C18H17N3O2S/c1-13(14-8-4-2-5-9-14)24-18-21-20-16(23-18)12-19-17(22)15-10-6-3-7-11-15/h2-11,13H,12H2,1H3,(H,19,22)/t13-/m0/s1. The Labute approximate surface area is 144 Å². The number of thioether (sulfide) groups is 1. The van der Waals surface area contributed by atoms with Gasteiger partial charge in [-0.15, -0.1) is 10.2 Å². The SMILES string of the molecule is C[C@H](Sc1nnc(CNC(=O)c2ccccc2)o1)c1ccccc1. The minimum absolute atomic E-state index is 0.166. The van der Waals surface area contributed by atoms with E-state index in [9.17, 15) is 4.79 Å². The summed E-state index contributed by atoms with van der Waals surface area (Å²) in [6.45, 7) is 2.29. The van der Waals surface area contributed by atoms with Gasteiger partial charge in [-0.1, -0.05) is 60.3 Å². The Bertz CT molecular complexity index is 790. The van der Waals surface area contributed by atoms with Crippen molar-refractivity contribution >= 4 is 17.7 Å². The molecule has 3 rings (SSSR count). The Morgan fingerprint density at radius 1 is 1.08 bits per heavy atom. The first-order valence-corrected chi connectivity index (χ1v) is 8.47. The number of hydrogen-bond acceptors (Lipinski definition) is 5. The predicted octanol–water partition coefficient (Wildman–Crippen LogP) is 3.85. The highest BCUT2D eigenvalue weighted by Gasteiger charge is 2.13. The maximum Gasteiger partial charge on any atom is 0.277 e. The molecule has 5 nitrogen and oxygen atoms in total. The van der Waals surface area contributed by atoms with Gasteiger partial charge < -0.3 is 9.73 Å². The second kappa shape index (κ2) is 7.79. The highest BCUT2D eigenvalue weighted by Crippen LogP contribution is 2.33. The Morgan fingerprint density at radius 2 is 1.75 bits per heavy atom. The molecule has 1 aromatic heterocycles. The van der Waals surface area contributed by atoms with E-state index in [1.165, 1.54) is 17.3 Å². The summed E-state index contributed by atoms with van der Waals surface area (Å²) in [7, 11) is 0. The molecule has 0 saturated carbocycles. The highest BCUT2D eigenvalue weighted by atomic mass is 32.2. The van der Waals surface area contributed by atoms with Crippen LogP contribution in [0.15, 0.2) is 70.3 Å². The molecule has 0 unspecified atom stereocenters. The summed E-state index contributed by atoms with van der Waals surface area (Å²) in [5.41, 5.74) is 1.80. The molecule has 0 spiro atoms. The van der Waals surface area contributed by atoms with E-state index < -0.39 is 0 Å². The Morgan fingerprint density at radius 3 is 2.46 bits per heavy atom. The van der Waals surface area contributed by atoms with Crippen molar-refractivity contribution in [1.29, 1.82) is 0 Å². The minimum Gasteiger partial charge on any atom is -0.414 e. The maximum atomic E-state index is 12.0. The third kappa shape index (κ3) is 4.23. The van der Waals surface area contributed by atoms with Crippen LogP contribution in [-0.2, 0) is 6.54 Å². The van der Waals surface area contributed by atoms with Gasteiger partial charge in [-0.05, 0) is 24.6 Å². The van der Waals surface area contributed by atoms with Crippen molar-refractivity contribution in [2.75, 3.05) is 0 Å². The number of rotatable bonds is 6. The number of nitrogens with one attached hydrogen (secondary N) is 1. The van der Waals surface area contributed by atoms with Gasteiger partial charge in [0.15, 0.2) is 0 Å². The molecule has 24 heavy (non-hydrogen) atoms. The van der Waals surface area contributed by atoms with Crippen molar-refractivity contribution in [2.45, 2.75) is 23.9 Å². The third-order valence-corrected chi connectivity index (χ3v) is 4.42. The maximum absolute atomic E-state index is 12.0. The second-order valence-corrected chi connectivity index (χ2v) is 6.47. The normalized spacial score (nSPS) is 11.9. The van der Waals surface area contributed by atoms with Crippen LogP contribution in [0.25, 0.3) is 0 Å². The summed E-state index contributed by atoms with van der Waals surface area (Å²) < 4.78 is 5.59. The molecule has 6 heteroatoms. The van der Waals surface area contributed by atoms with Gasteiger partial charge in [0.1, 0.15) is 0 Å². The van der Waals surface area contributed by atoms with Gasteiger partial charge in [-0.25, -0.2) is 0 Å². The molecule has 0 bridgehead atoms. The molecule has 3 aromatic rings. The smallest absolute Gasteiger partial charge is 0.277 e. The first kappa shape index (κ1) is 16.3. The molecule has 1 heterocycles. The fraction of sp³-hybridized carbons (Fsp3) is 0.167. The molecule has 122 valence electrons. The number of nitrogens with zero attached hydrogens (tertiary/aromatic N) is 2. The lowest BCUT2D eigenvalue weighted by atomic mass is 10.2. The average Bonchev–Trinajstić information content (AvgIpc) is 3.08. The van der Waals surface area contributed by atoms with E-state index in [4.69, 9.17) is 4.42 Å². The number of amides is 1. The molecule has 0 aliphatic heterocycles. The molecule has 1 atom stereocenters. The van der Waals surface area contributed by atoms with Crippen LogP contribution in [-0.4, -0.2) is 16.1 Å². The molecule has 0 aliphatic rings. The molecule has 0 radical (unpaired) electrons. The molecule has 0 saturated heterocycles. The van der Waals surface area contributed by atoms with Gasteiger partial charge in [0.05, 0.1) is 6.54 Å². The van der Waals surface area contributed by atoms with E-state index >= 15 is 0 Å². The van der Waals surface area contributed by atoms with Crippen molar-refractivity contribution in [1.82, 2.24) is 15.5 Å². The van der Waals surface area contributed by atoms with Crippen LogP contribution in [0, 0.1) is 0 Å². The van der Waals surface area contributed by atoms with Crippen LogP contribution in [0.1, 0.15) is 34.0 Å². The molecular weight excluding hydrogens is 322 g/mol. The van der Waals surface area contributed by atoms with Crippen molar-refractivity contribution < 1.29 is 9.21 Å². The predicted molar refractivity (Wildman–Crippen MR) is 92.6 cm³/mol. The van der Waals surface area contributed by atoms with E-state index in [-0.39, 0.29) is 17.7 Å². The summed E-state index contributed by atoms with van der Waals surface area (Å²) in [5.74, 6) is 0.225. The quantitative estimate of drug-likeness (QED) is 0.691. The summed E-state index contributed by atoms with van der Waals surface area (Å²) in [4.78, 5) is 12.0. The van der Waals surface area contributed by atoms with Gasteiger partial charge in [-0.2, -0.15) is 0 Å². The summed E-state index contributed by atoms with van der Waals surface area (Å²) in [6.07, 6.45) is 0. The van der Waals surface area contributed by atoms with Crippen LogP contribution in [0.2, 0.25) is 0 Å². The lowest BCUT2D eigenvalue weighted by Crippen LogP contribution is -2.22. The van der Waals surface area contributed by atoms with Crippen LogP contribution in [0.4, 0.5) is 0 Å². The van der Waals surface area contributed by atoms with E-state index in [0.29, 0.717) is 16.7 Å². The first-order valence-electron chi connectivity index (χ1n) is 7.59. The van der Waals surface area contributed by atoms with Gasteiger partial charge in [-0.3, -0.25) is 4.79 Å². The van der Waals surface area contributed by atoms with Gasteiger partial charge in [0.2, 0.25) is 5.89 Å². The lowest BCUT2D eigenvalue weighted by Gasteiger charge is -2.07. The van der Waals surface area contributed by atoms with Crippen LogP contribution < -0.4 is 5.32 Å². The molecule has 0 aliphatic carbocycles. The number of benzene rings is 2. The zero-order valence-electron chi connectivity index (χ0n) is 13.2. The fourth-order valence-electron chi connectivity index (χ4n) is 2.15. The van der Waals surface area contributed by atoms with Crippen LogP contribution >= 0.6 is 11.8 Å². The molecule has 1 N–H and O–H groups in total. The highest BCUT2D eigenvalue weighted by molar-refractivity contribution is 7.99. The summed E-state index contributed by atoms with van der Waals surface area (Å²) >= 11 is 1.50. The summed E-state index contributed by atoms with van der Waals surface area (Å²) in [5, 5.41) is 11.5. The zero-order chi connectivity index (χ0) is 16.8. The number of carbonyl (C=O) groups excluding carboxylic acids is 1. The van der Waals surface area contributed by atoms with Crippen molar-refractivity contribution in [3.8, 4) is 0 Å². The van der Waals surface area contributed by atoms with Crippen LogP contribution in [0.5, 0.6) is 0 Å². The van der Waals surface area contributed by atoms with Crippen molar-refractivity contribution in [2.24, 2.45) is 0 Å². The van der Waals surface area contributed by atoms with Gasteiger partial charge in [0.25, 0.3) is 11.1 Å². The molecule has 0 fully saturated rings. The van der Waals surface area contributed by atoms with Crippen molar-refractivity contribution in [3.05, 3.63) is 77.7 Å². The van der Waals surface area contributed by atoms with E-state index in [2.05, 4.69) is 34.6 Å². The first-order chi connectivity index (χ1) is 11.7. The molecule has 2 aromatic carbocycles. The molecular formula is C18H17N3O2S. The average molecular weight is 339 g/mol. The third-order valence-electron chi connectivity index (χ3n) is 3.43. The fourth-order valence-corrected chi connectivity index (χ4v) is 2.98. The Hall–Kier alpha value is -2.60. The summed E-state index contributed by atoms with van der Waals surface area (Å²) in [6, 6.07) is 19.1. The monoisotopic (exact) mass is 339 g/mol. The van der Waals surface area contributed by atoms with Gasteiger partial charge in [0, 0.05) is 10.8 Å². The zero-order valence-corrected chi connectivity index (χ0v) is 14.0. The lowest BCUT2D eigenvalue weighted by molar-refractivity contribution is 0.0946. The van der Waals surface area contributed by atoms with E-state index in [0.717, 1.165) is 0 Å². The van der Waals surface area contributed by atoms with Crippen molar-refractivity contribution in [3.63, 3.8) is 0 Å².